The Bertz CT molecular complexity index is 819. The molecule has 1 aliphatic heterocycles. The summed E-state index contributed by atoms with van der Waals surface area (Å²) in [6.07, 6.45) is 1.57. The highest BCUT2D eigenvalue weighted by Crippen LogP contribution is 2.18. The molecular formula is C22H27N3O2. The number of urea groups is 1. The van der Waals surface area contributed by atoms with Crippen LogP contribution in [0.1, 0.15) is 48.1 Å². The maximum Gasteiger partial charge on any atom is 0.315 e. The quantitative estimate of drug-likeness (QED) is 0.820. The van der Waals surface area contributed by atoms with E-state index < -0.39 is 0 Å². The molecule has 0 saturated carbocycles. The van der Waals surface area contributed by atoms with E-state index in [1.165, 1.54) is 0 Å². The number of nitrogens with zero attached hydrogens (tertiary/aromatic N) is 1. The lowest BCUT2D eigenvalue weighted by molar-refractivity contribution is -0.128. The summed E-state index contributed by atoms with van der Waals surface area (Å²) in [5, 5.41) is 5.93. The first-order valence-electron chi connectivity index (χ1n) is 9.49. The van der Waals surface area contributed by atoms with E-state index in [2.05, 4.69) is 10.6 Å². The Morgan fingerprint density at radius 2 is 1.81 bits per heavy atom. The van der Waals surface area contributed by atoms with Gasteiger partial charge in [-0.05, 0) is 42.5 Å². The number of hydrogen-bond acceptors (Lipinski definition) is 2. The molecule has 27 heavy (non-hydrogen) atoms. The van der Waals surface area contributed by atoms with E-state index in [0.29, 0.717) is 19.5 Å². The van der Waals surface area contributed by atoms with Crippen LogP contribution in [0.4, 0.5) is 4.79 Å². The molecule has 3 amide bonds. The van der Waals surface area contributed by atoms with E-state index >= 15 is 0 Å². The highest BCUT2D eigenvalue weighted by molar-refractivity contribution is 5.78. The van der Waals surface area contributed by atoms with Gasteiger partial charge in [0.2, 0.25) is 5.91 Å². The lowest BCUT2D eigenvalue weighted by atomic mass is 10.0. The first-order valence-corrected chi connectivity index (χ1v) is 9.49. The van der Waals surface area contributed by atoms with Crippen molar-refractivity contribution >= 4 is 11.9 Å². The van der Waals surface area contributed by atoms with Gasteiger partial charge in [-0.3, -0.25) is 4.79 Å². The Balaban J connectivity index is 1.57. The minimum absolute atomic E-state index is 0.0661. The maximum absolute atomic E-state index is 12.3. The summed E-state index contributed by atoms with van der Waals surface area (Å²) < 4.78 is 0. The summed E-state index contributed by atoms with van der Waals surface area (Å²) in [5.74, 6) is 0.211. The van der Waals surface area contributed by atoms with Gasteiger partial charge in [0.25, 0.3) is 0 Å². The number of hydrogen-bond donors (Lipinski definition) is 2. The Hall–Kier alpha value is -2.82. The van der Waals surface area contributed by atoms with Crippen molar-refractivity contribution in [3.8, 4) is 0 Å². The van der Waals surface area contributed by atoms with E-state index in [1.807, 2.05) is 67.3 Å². The van der Waals surface area contributed by atoms with Crippen molar-refractivity contribution in [3.05, 3.63) is 70.8 Å². The van der Waals surface area contributed by atoms with E-state index in [0.717, 1.165) is 35.2 Å². The molecule has 2 aromatic rings. The van der Waals surface area contributed by atoms with Gasteiger partial charge in [-0.25, -0.2) is 4.79 Å². The fraction of sp³-hybridized carbons (Fsp3) is 0.364. The summed E-state index contributed by atoms with van der Waals surface area (Å²) in [6.45, 7) is 5.88. The second-order valence-electron chi connectivity index (χ2n) is 7.09. The molecule has 2 aromatic carbocycles. The zero-order valence-corrected chi connectivity index (χ0v) is 16.0. The molecule has 5 nitrogen and oxygen atoms in total. The van der Waals surface area contributed by atoms with E-state index in [9.17, 15) is 9.59 Å². The maximum atomic E-state index is 12.3. The zero-order chi connectivity index (χ0) is 19.2. The van der Waals surface area contributed by atoms with Gasteiger partial charge >= 0.3 is 6.03 Å². The van der Waals surface area contributed by atoms with Crippen LogP contribution in [0, 0.1) is 6.92 Å². The van der Waals surface area contributed by atoms with Gasteiger partial charge in [-0.15, -0.1) is 0 Å². The van der Waals surface area contributed by atoms with Crippen LogP contribution in [0.25, 0.3) is 0 Å². The minimum Gasteiger partial charge on any atom is -0.338 e. The van der Waals surface area contributed by atoms with Crippen LogP contribution in [0.15, 0.2) is 48.5 Å². The fourth-order valence-corrected chi connectivity index (χ4v) is 3.53. The van der Waals surface area contributed by atoms with Crippen LogP contribution in [-0.2, 0) is 17.9 Å². The number of benzene rings is 2. The van der Waals surface area contributed by atoms with E-state index in [4.69, 9.17) is 0 Å². The third-order valence-electron chi connectivity index (χ3n) is 5.09. The number of rotatable bonds is 6. The molecule has 0 bridgehead atoms. The first kappa shape index (κ1) is 19.0. The van der Waals surface area contributed by atoms with Crippen LogP contribution in [0.2, 0.25) is 0 Å². The molecule has 2 N–H and O–H groups in total. The van der Waals surface area contributed by atoms with Crippen molar-refractivity contribution in [2.24, 2.45) is 0 Å². The van der Waals surface area contributed by atoms with Crippen LogP contribution < -0.4 is 10.6 Å². The second-order valence-corrected chi connectivity index (χ2v) is 7.09. The molecule has 0 aliphatic carbocycles. The highest BCUT2D eigenvalue weighted by Gasteiger charge is 2.21. The van der Waals surface area contributed by atoms with Gasteiger partial charge in [-0.2, -0.15) is 0 Å². The summed E-state index contributed by atoms with van der Waals surface area (Å²) in [6, 6.07) is 15.7. The van der Waals surface area contributed by atoms with E-state index in [1.54, 1.807) is 0 Å². The Morgan fingerprint density at radius 3 is 2.52 bits per heavy atom. The summed E-state index contributed by atoms with van der Waals surface area (Å²) in [7, 11) is 0. The molecule has 0 spiro atoms. The molecule has 1 heterocycles. The number of carbonyl (C=O) groups is 2. The number of amides is 3. The van der Waals surface area contributed by atoms with Crippen LogP contribution in [-0.4, -0.2) is 23.4 Å². The van der Waals surface area contributed by atoms with Crippen molar-refractivity contribution in [1.29, 1.82) is 0 Å². The van der Waals surface area contributed by atoms with Crippen LogP contribution in [0.3, 0.4) is 0 Å². The molecule has 1 unspecified atom stereocenters. The van der Waals surface area contributed by atoms with Gasteiger partial charge in [0.1, 0.15) is 0 Å². The molecule has 0 radical (unpaired) electrons. The Kier molecular flexibility index (Phi) is 6.12. The molecular weight excluding hydrogens is 338 g/mol. The van der Waals surface area contributed by atoms with Gasteiger partial charge < -0.3 is 15.5 Å². The van der Waals surface area contributed by atoms with Crippen molar-refractivity contribution in [3.63, 3.8) is 0 Å². The second kappa shape index (κ2) is 8.71. The van der Waals surface area contributed by atoms with Crippen molar-refractivity contribution < 1.29 is 9.59 Å². The van der Waals surface area contributed by atoms with Gasteiger partial charge in [0.05, 0.1) is 6.04 Å². The topological polar surface area (TPSA) is 61.4 Å². The summed E-state index contributed by atoms with van der Waals surface area (Å²) >= 11 is 0. The van der Waals surface area contributed by atoms with Crippen molar-refractivity contribution in [1.82, 2.24) is 15.5 Å². The normalized spacial score (nSPS) is 14.9. The third-order valence-corrected chi connectivity index (χ3v) is 5.09. The summed E-state index contributed by atoms with van der Waals surface area (Å²) in [5.41, 5.74) is 4.39. The molecule has 0 aromatic heterocycles. The van der Waals surface area contributed by atoms with Crippen LogP contribution in [0.5, 0.6) is 0 Å². The number of likely N-dealkylation sites (tertiary alicyclic amines) is 1. The number of aryl methyl sites for hydroxylation is 1. The van der Waals surface area contributed by atoms with Gasteiger partial charge in [-0.1, -0.05) is 48.5 Å². The predicted octanol–water partition coefficient (Wildman–Crippen LogP) is 3.68. The average molecular weight is 365 g/mol. The lowest BCUT2D eigenvalue weighted by Gasteiger charge is -2.19. The molecule has 1 aliphatic rings. The minimum atomic E-state index is -0.196. The Labute approximate surface area is 160 Å². The van der Waals surface area contributed by atoms with Crippen molar-refractivity contribution in [2.45, 2.75) is 45.8 Å². The molecule has 3 rings (SSSR count). The Morgan fingerprint density at radius 1 is 1.11 bits per heavy atom. The predicted molar refractivity (Wildman–Crippen MR) is 106 cm³/mol. The average Bonchev–Trinajstić information content (AvgIpc) is 3.06. The molecule has 1 atom stereocenters. The highest BCUT2D eigenvalue weighted by atomic mass is 16.2. The molecule has 1 fully saturated rings. The summed E-state index contributed by atoms with van der Waals surface area (Å²) in [4.78, 5) is 26.1. The fourth-order valence-electron chi connectivity index (χ4n) is 3.53. The zero-order valence-electron chi connectivity index (χ0n) is 16.0. The molecule has 5 heteroatoms. The lowest BCUT2D eigenvalue weighted by Crippen LogP contribution is -2.37. The SMILES string of the molecule is Cc1ccccc1C(C)NC(=O)NCc1ccccc1CN1CCCC1=O. The monoisotopic (exact) mass is 365 g/mol. The largest absolute Gasteiger partial charge is 0.338 e. The standard InChI is InChI=1S/C22H27N3O2/c1-16-8-3-6-11-20(16)17(2)24-22(27)23-14-18-9-4-5-10-19(18)15-25-13-7-12-21(25)26/h3-6,8-11,17H,7,12-15H2,1-2H3,(H2,23,24,27). The number of carbonyl (C=O) groups excluding carboxylic acids is 2. The van der Waals surface area contributed by atoms with Gasteiger partial charge in [0.15, 0.2) is 0 Å². The smallest absolute Gasteiger partial charge is 0.315 e. The van der Waals surface area contributed by atoms with Gasteiger partial charge in [0, 0.05) is 26.1 Å². The van der Waals surface area contributed by atoms with Crippen LogP contribution >= 0.6 is 0 Å². The molecule has 1 saturated heterocycles. The first-order chi connectivity index (χ1) is 13.0. The number of nitrogens with one attached hydrogen (secondary N) is 2. The van der Waals surface area contributed by atoms with Crippen molar-refractivity contribution in [2.75, 3.05) is 6.54 Å². The van der Waals surface area contributed by atoms with E-state index in [-0.39, 0.29) is 18.0 Å². The molecule has 142 valence electrons. The third kappa shape index (κ3) is 4.88.